The van der Waals surface area contributed by atoms with Crippen LogP contribution >= 0.6 is 0 Å². The summed E-state index contributed by atoms with van der Waals surface area (Å²) in [5.74, 6) is 0.934. The number of nitrogens with zero attached hydrogens (tertiary/aromatic N) is 3. The quantitative estimate of drug-likeness (QED) is 0.822. The molecule has 0 atom stereocenters. The van der Waals surface area contributed by atoms with E-state index in [0.717, 1.165) is 24.5 Å². The molecule has 1 heterocycles. The number of aryl methyl sites for hydroxylation is 1. The van der Waals surface area contributed by atoms with Crippen molar-refractivity contribution < 1.29 is 0 Å². The molecule has 0 aliphatic carbocycles. The third-order valence-electron chi connectivity index (χ3n) is 2.66. The van der Waals surface area contributed by atoms with Gasteiger partial charge in [0.2, 0.25) is 0 Å². The minimum absolute atomic E-state index is 0.0986. The molecule has 0 aliphatic heterocycles. The first-order valence-corrected chi connectivity index (χ1v) is 5.73. The van der Waals surface area contributed by atoms with Crippen LogP contribution in [0.4, 0.5) is 5.82 Å². The van der Waals surface area contributed by atoms with Crippen LogP contribution < -0.4 is 10.6 Å². The van der Waals surface area contributed by atoms with Crippen molar-refractivity contribution in [1.82, 2.24) is 10.2 Å². The molecule has 16 heavy (non-hydrogen) atoms. The SMILES string of the molecule is CCN(CC(C)(C)CN)c1cc(C)cnn1. The summed E-state index contributed by atoms with van der Waals surface area (Å²) >= 11 is 0. The van der Waals surface area contributed by atoms with E-state index in [1.54, 1.807) is 6.20 Å². The fraction of sp³-hybridized carbons (Fsp3) is 0.667. The van der Waals surface area contributed by atoms with Gasteiger partial charge >= 0.3 is 0 Å². The zero-order valence-electron chi connectivity index (χ0n) is 10.7. The van der Waals surface area contributed by atoms with Gasteiger partial charge in [0.25, 0.3) is 0 Å². The molecular formula is C12H22N4. The molecule has 0 amide bonds. The number of aromatic nitrogens is 2. The predicted molar refractivity (Wildman–Crippen MR) is 67.5 cm³/mol. The summed E-state index contributed by atoms with van der Waals surface area (Å²) < 4.78 is 0. The van der Waals surface area contributed by atoms with E-state index in [0.29, 0.717) is 6.54 Å². The Morgan fingerprint density at radius 1 is 1.44 bits per heavy atom. The molecule has 0 unspecified atom stereocenters. The Hall–Kier alpha value is -1.16. The van der Waals surface area contributed by atoms with Gasteiger partial charge in [-0.1, -0.05) is 13.8 Å². The maximum Gasteiger partial charge on any atom is 0.151 e. The number of hydrogen-bond donors (Lipinski definition) is 1. The van der Waals surface area contributed by atoms with Crippen LogP contribution in [0.2, 0.25) is 0 Å². The van der Waals surface area contributed by atoms with Crippen molar-refractivity contribution in [2.75, 3.05) is 24.5 Å². The van der Waals surface area contributed by atoms with Gasteiger partial charge in [0.1, 0.15) is 0 Å². The molecule has 4 nitrogen and oxygen atoms in total. The Balaban J connectivity index is 2.82. The van der Waals surface area contributed by atoms with Gasteiger partial charge in [-0.05, 0) is 37.4 Å². The second kappa shape index (κ2) is 5.25. The number of anilines is 1. The molecule has 0 aliphatic rings. The van der Waals surface area contributed by atoms with Crippen LogP contribution in [0.3, 0.4) is 0 Å². The van der Waals surface area contributed by atoms with E-state index in [2.05, 4.69) is 41.9 Å². The highest BCUT2D eigenvalue weighted by molar-refractivity contribution is 5.39. The minimum atomic E-state index is 0.0986. The average Bonchev–Trinajstić information content (AvgIpc) is 2.26. The number of rotatable bonds is 5. The minimum Gasteiger partial charge on any atom is -0.355 e. The van der Waals surface area contributed by atoms with Gasteiger partial charge in [-0.3, -0.25) is 0 Å². The molecule has 2 N–H and O–H groups in total. The molecule has 0 spiro atoms. The summed E-state index contributed by atoms with van der Waals surface area (Å²) in [5.41, 5.74) is 6.99. The Morgan fingerprint density at radius 2 is 2.12 bits per heavy atom. The maximum absolute atomic E-state index is 5.75. The van der Waals surface area contributed by atoms with Gasteiger partial charge in [0, 0.05) is 13.1 Å². The predicted octanol–water partition coefficient (Wildman–Crippen LogP) is 1.60. The van der Waals surface area contributed by atoms with Gasteiger partial charge < -0.3 is 10.6 Å². The van der Waals surface area contributed by atoms with Gasteiger partial charge in [-0.2, -0.15) is 5.10 Å². The summed E-state index contributed by atoms with van der Waals surface area (Å²) in [6.45, 7) is 11.0. The lowest BCUT2D eigenvalue weighted by Gasteiger charge is -2.31. The molecule has 0 aromatic carbocycles. The highest BCUT2D eigenvalue weighted by Gasteiger charge is 2.20. The Labute approximate surface area is 97.9 Å². The monoisotopic (exact) mass is 222 g/mol. The van der Waals surface area contributed by atoms with E-state index < -0.39 is 0 Å². The van der Waals surface area contributed by atoms with Gasteiger partial charge in [0.05, 0.1) is 6.20 Å². The third-order valence-corrected chi connectivity index (χ3v) is 2.66. The van der Waals surface area contributed by atoms with E-state index in [4.69, 9.17) is 5.73 Å². The summed E-state index contributed by atoms with van der Waals surface area (Å²) in [5, 5.41) is 8.15. The first-order chi connectivity index (χ1) is 7.48. The van der Waals surface area contributed by atoms with E-state index in [-0.39, 0.29) is 5.41 Å². The molecule has 0 saturated heterocycles. The van der Waals surface area contributed by atoms with E-state index in [9.17, 15) is 0 Å². The van der Waals surface area contributed by atoms with Crippen molar-refractivity contribution in [2.24, 2.45) is 11.1 Å². The molecule has 1 aromatic heterocycles. The molecule has 0 bridgehead atoms. The summed E-state index contributed by atoms with van der Waals surface area (Å²) in [6, 6.07) is 2.06. The van der Waals surface area contributed by atoms with Crippen molar-refractivity contribution in [3.63, 3.8) is 0 Å². The lowest BCUT2D eigenvalue weighted by Crippen LogP contribution is -2.39. The third kappa shape index (κ3) is 3.45. The Morgan fingerprint density at radius 3 is 2.62 bits per heavy atom. The Kier molecular flexibility index (Phi) is 4.24. The zero-order chi connectivity index (χ0) is 12.2. The molecule has 1 rings (SSSR count). The van der Waals surface area contributed by atoms with Crippen LogP contribution in [0.25, 0.3) is 0 Å². The summed E-state index contributed by atoms with van der Waals surface area (Å²) in [7, 11) is 0. The molecule has 0 radical (unpaired) electrons. The van der Waals surface area contributed by atoms with Crippen molar-refractivity contribution in [2.45, 2.75) is 27.7 Å². The van der Waals surface area contributed by atoms with Gasteiger partial charge in [-0.25, -0.2) is 0 Å². The molecule has 0 saturated carbocycles. The van der Waals surface area contributed by atoms with Crippen LogP contribution in [-0.2, 0) is 0 Å². The second-order valence-electron chi connectivity index (χ2n) is 4.97. The van der Waals surface area contributed by atoms with E-state index >= 15 is 0 Å². The molecule has 4 heteroatoms. The maximum atomic E-state index is 5.75. The molecule has 1 aromatic rings. The van der Waals surface area contributed by atoms with Crippen LogP contribution in [0.15, 0.2) is 12.3 Å². The van der Waals surface area contributed by atoms with Crippen LogP contribution in [0.1, 0.15) is 26.3 Å². The van der Waals surface area contributed by atoms with Crippen molar-refractivity contribution >= 4 is 5.82 Å². The smallest absolute Gasteiger partial charge is 0.151 e. The largest absolute Gasteiger partial charge is 0.355 e. The van der Waals surface area contributed by atoms with Gasteiger partial charge in [0.15, 0.2) is 5.82 Å². The molecule has 0 fully saturated rings. The van der Waals surface area contributed by atoms with Crippen LogP contribution in [0, 0.1) is 12.3 Å². The van der Waals surface area contributed by atoms with Crippen molar-refractivity contribution in [3.05, 3.63) is 17.8 Å². The first-order valence-electron chi connectivity index (χ1n) is 5.73. The van der Waals surface area contributed by atoms with E-state index in [1.807, 2.05) is 6.92 Å². The topological polar surface area (TPSA) is 55.0 Å². The number of hydrogen-bond acceptors (Lipinski definition) is 4. The second-order valence-corrected chi connectivity index (χ2v) is 4.97. The van der Waals surface area contributed by atoms with Crippen molar-refractivity contribution in [3.8, 4) is 0 Å². The fourth-order valence-corrected chi connectivity index (χ4v) is 1.54. The lowest BCUT2D eigenvalue weighted by molar-refractivity contribution is 0.378. The summed E-state index contributed by atoms with van der Waals surface area (Å²) in [6.07, 6.45) is 1.77. The average molecular weight is 222 g/mol. The molecule has 90 valence electrons. The normalized spacial score (nSPS) is 11.6. The molecular weight excluding hydrogens is 200 g/mol. The first kappa shape index (κ1) is 12.9. The Bertz CT molecular complexity index is 336. The lowest BCUT2D eigenvalue weighted by atomic mass is 9.93. The van der Waals surface area contributed by atoms with E-state index in [1.165, 1.54) is 0 Å². The zero-order valence-corrected chi connectivity index (χ0v) is 10.7. The van der Waals surface area contributed by atoms with Gasteiger partial charge in [-0.15, -0.1) is 5.10 Å². The highest BCUT2D eigenvalue weighted by Crippen LogP contribution is 2.19. The summed E-state index contributed by atoms with van der Waals surface area (Å²) in [4.78, 5) is 2.22. The standard InChI is InChI=1S/C12H22N4/c1-5-16(9-12(3,4)8-13)11-6-10(2)7-14-15-11/h6-7H,5,8-9,13H2,1-4H3. The van der Waals surface area contributed by atoms with Crippen LogP contribution in [0.5, 0.6) is 0 Å². The highest BCUT2D eigenvalue weighted by atomic mass is 15.3. The fourth-order valence-electron chi connectivity index (χ4n) is 1.54. The van der Waals surface area contributed by atoms with Crippen molar-refractivity contribution in [1.29, 1.82) is 0 Å². The van der Waals surface area contributed by atoms with Crippen LogP contribution in [-0.4, -0.2) is 29.8 Å². The number of nitrogens with two attached hydrogens (primary N) is 1.